The number of nitrogens with one attached hydrogen (secondary N) is 2. The second-order valence-electron chi connectivity index (χ2n) is 12.0. The van der Waals surface area contributed by atoms with Crippen molar-refractivity contribution in [3.63, 3.8) is 0 Å². The summed E-state index contributed by atoms with van der Waals surface area (Å²) in [6.07, 6.45) is -0.775. The largest absolute Gasteiger partial charge is 0.466 e. The minimum atomic E-state index is -1.06. The molecule has 2 atom stereocenters. The fourth-order valence-electron chi connectivity index (χ4n) is 5.27. The van der Waals surface area contributed by atoms with Gasteiger partial charge in [0.15, 0.2) is 0 Å². The lowest BCUT2D eigenvalue weighted by Crippen LogP contribution is -2.44. The lowest BCUT2D eigenvalue weighted by molar-refractivity contribution is -0.145. The number of hydrogen-bond acceptors (Lipinski definition) is 7. The quantitative estimate of drug-likeness (QED) is 0.197. The van der Waals surface area contributed by atoms with E-state index in [4.69, 9.17) is 9.47 Å². The van der Waals surface area contributed by atoms with Gasteiger partial charge in [0.1, 0.15) is 11.6 Å². The van der Waals surface area contributed by atoms with E-state index in [1.54, 1.807) is 77.2 Å². The van der Waals surface area contributed by atoms with Crippen molar-refractivity contribution < 1.29 is 33.4 Å². The van der Waals surface area contributed by atoms with Crippen molar-refractivity contribution in [3.8, 4) is 11.8 Å². The molecule has 1 aliphatic rings. The topological polar surface area (TPSA) is 134 Å². The number of ether oxygens (including phenoxy) is 2. The normalized spacial score (nSPS) is 14.9. The Balaban J connectivity index is 1.67. The van der Waals surface area contributed by atoms with Crippen molar-refractivity contribution in [2.24, 2.45) is 0 Å². The SMILES string of the molecule is CCOC(=O)CC(c1ccccc1)N1C(=O)c2cc(C#CC(=O)NCCNC(=O)OC(C)(C)C)ccc2N(C)C(=O)C1c1ccccc1. The molecule has 0 spiro atoms. The minimum Gasteiger partial charge on any atom is -0.466 e. The van der Waals surface area contributed by atoms with Gasteiger partial charge in [0.2, 0.25) is 0 Å². The number of alkyl carbamates (subject to hydrolysis) is 1. The summed E-state index contributed by atoms with van der Waals surface area (Å²) >= 11 is 0. The van der Waals surface area contributed by atoms with E-state index in [0.29, 0.717) is 22.4 Å². The maximum atomic E-state index is 14.7. The maximum Gasteiger partial charge on any atom is 0.407 e. The van der Waals surface area contributed by atoms with Crippen LogP contribution in [0.15, 0.2) is 78.9 Å². The third-order valence-corrected chi connectivity index (χ3v) is 7.37. The molecular weight excluding hydrogens is 612 g/mol. The number of carbonyl (C=O) groups is 5. The average Bonchev–Trinajstić information content (AvgIpc) is 3.13. The summed E-state index contributed by atoms with van der Waals surface area (Å²) in [5.41, 5.74) is 1.51. The highest BCUT2D eigenvalue weighted by molar-refractivity contribution is 6.11. The van der Waals surface area contributed by atoms with Crippen LogP contribution < -0.4 is 15.5 Å². The molecule has 0 bridgehead atoms. The number of hydrogen-bond donors (Lipinski definition) is 2. The predicted octanol–water partition coefficient (Wildman–Crippen LogP) is 4.53. The Bertz CT molecular complexity index is 1710. The van der Waals surface area contributed by atoms with Crippen molar-refractivity contribution in [1.29, 1.82) is 0 Å². The molecular formula is C37H40N4O7. The molecule has 1 heterocycles. The van der Waals surface area contributed by atoms with Crippen LogP contribution in [0.2, 0.25) is 0 Å². The van der Waals surface area contributed by atoms with Gasteiger partial charge in [0.25, 0.3) is 17.7 Å². The number of carbonyl (C=O) groups excluding carboxylic acids is 5. The van der Waals surface area contributed by atoms with Gasteiger partial charge in [-0.05, 0) is 57.0 Å². The van der Waals surface area contributed by atoms with Crippen molar-refractivity contribution in [2.45, 2.75) is 51.8 Å². The number of rotatable bonds is 9. The van der Waals surface area contributed by atoms with Gasteiger partial charge >= 0.3 is 12.1 Å². The van der Waals surface area contributed by atoms with Crippen LogP contribution >= 0.6 is 0 Å². The van der Waals surface area contributed by atoms with Gasteiger partial charge in [-0.1, -0.05) is 66.6 Å². The van der Waals surface area contributed by atoms with Crippen LogP contribution in [0, 0.1) is 11.8 Å². The highest BCUT2D eigenvalue weighted by Gasteiger charge is 2.43. The average molecular weight is 653 g/mol. The molecule has 1 aliphatic heterocycles. The Hall–Kier alpha value is -5.63. The number of nitrogens with zero attached hydrogens (tertiary/aromatic N) is 2. The van der Waals surface area contributed by atoms with Gasteiger partial charge in [-0.15, -0.1) is 0 Å². The first-order chi connectivity index (χ1) is 22.9. The Kier molecular flexibility index (Phi) is 11.6. The zero-order valence-electron chi connectivity index (χ0n) is 27.7. The molecule has 0 aliphatic carbocycles. The summed E-state index contributed by atoms with van der Waals surface area (Å²) in [5, 5.41) is 5.16. The standard InChI is InChI=1S/C37H40N4O7/c1-6-47-32(43)24-30(26-13-9-7-10-14-26)41-33(27-15-11-8-12-16-27)35(45)40(5)29-19-17-25(23-28(29)34(41)44)18-20-31(42)38-21-22-39-36(46)48-37(2,3)4/h7-17,19,23,30,33H,6,21-22,24H2,1-5H3,(H,38,42)(H,39,46). The van der Waals surface area contributed by atoms with E-state index in [2.05, 4.69) is 22.5 Å². The Labute approximate surface area is 280 Å². The molecule has 2 N–H and O–H groups in total. The third-order valence-electron chi connectivity index (χ3n) is 7.37. The fraction of sp³-hybridized carbons (Fsp3) is 0.324. The first-order valence-corrected chi connectivity index (χ1v) is 15.7. The molecule has 4 amide bonds. The molecule has 11 heteroatoms. The Morgan fingerprint density at radius 2 is 1.56 bits per heavy atom. The molecule has 0 saturated carbocycles. The molecule has 0 saturated heterocycles. The fourth-order valence-corrected chi connectivity index (χ4v) is 5.27. The van der Waals surface area contributed by atoms with E-state index in [1.165, 1.54) is 9.80 Å². The first-order valence-electron chi connectivity index (χ1n) is 15.7. The second-order valence-corrected chi connectivity index (χ2v) is 12.0. The number of fused-ring (bicyclic) bond motifs is 1. The number of amides is 4. The van der Waals surface area contributed by atoms with Crippen LogP contribution in [0.3, 0.4) is 0 Å². The van der Waals surface area contributed by atoms with Crippen LogP contribution in [-0.2, 0) is 23.9 Å². The van der Waals surface area contributed by atoms with Crippen LogP contribution in [0.5, 0.6) is 0 Å². The van der Waals surface area contributed by atoms with Gasteiger partial charge in [0, 0.05) is 31.6 Å². The highest BCUT2D eigenvalue weighted by Crippen LogP contribution is 2.40. The smallest absolute Gasteiger partial charge is 0.407 e. The van der Waals surface area contributed by atoms with Crippen LogP contribution in [-0.4, -0.2) is 67.0 Å². The summed E-state index contributed by atoms with van der Waals surface area (Å²) in [6, 6.07) is 20.9. The van der Waals surface area contributed by atoms with E-state index in [0.717, 1.165) is 0 Å². The van der Waals surface area contributed by atoms with Gasteiger partial charge in [-0.25, -0.2) is 4.79 Å². The molecule has 11 nitrogen and oxygen atoms in total. The number of anilines is 1. The molecule has 3 aromatic carbocycles. The molecule has 0 radical (unpaired) electrons. The molecule has 2 unspecified atom stereocenters. The van der Waals surface area contributed by atoms with Gasteiger partial charge < -0.3 is 29.9 Å². The lowest BCUT2D eigenvalue weighted by atomic mass is 9.95. The molecule has 0 fully saturated rings. The molecule has 4 rings (SSSR count). The zero-order valence-corrected chi connectivity index (χ0v) is 27.7. The number of likely N-dealkylation sites (N-methyl/N-ethyl adjacent to an activating group) is 1. The zero-order chi connectivity index (χ0) is 34.8. The van der Waals surface area contributed by atoms with E-state index >= 15 is 0 Å². The summed E-state index contributed by atoms with van der Waals surface area (Å²) in [7, 11) is 1.60. The van der Waals surface area contributed by atoms with E-state index in [1.807, 2.05) is 36.4 Å². The molecule has 250 valence electrons. The van der Waals surface area contributed by atoms with Crippen LogP contribution in [0.1, 0.15) is 73.2 Å². The van der Waals surface area contributed by atoms with Gasteiger partial charge in [-0.3, -0.25) is 19.2 Å². The lowest BCUT2D eigenvalue weighted by Gasteiger charge is -2.37. The Morgan fingerprint density at radius 1 is 0.917 bits per heavy atom. The highest BCUT2D eigenvalue weighted by atomic mass is 16.6. The summed E-state index contributed by atoms with van der Waals surface area (Å²) in [6.45, 7) is 7.39. The first kappa shape index (κ1) is 35.2. The van der Waals surface area contributed by atoms with E-state index in [-0.39, 0.29) is 37.6 Å². The van der Waals surface area contributed by atoms with Crippen molar-refractivity contribution in [1.82, 2.24) is 15.5 Å². The summed E-state index contributed by atoms with van der Waals surface area (Å²) < 4.78 is 10.5. The summed E-state index contributed by atoms with van der Waals surface area (Å²) in [5.74, 6) is 3.34. The molecule has 0 aromatic heterocycles. The number of benzene rings is 3. The maximum absolute atomic E-state index is 14.7. The third kappa shape index (κ3) is 9.00. The van der Waals surface area contributed by atoms with Gasteiger partial charge in [-0.2, -0.15) is 0 Å². The van der Waals surface area contributed by atoms with Crippen molar-refractivity contribution in [3.05, 3.63) is 101 Å². The monoisotopic (exact) mass is 652 g/mol. The van der Waals surface area contributed by atoms with E-state index in [9.17, 15) is 24.0 Å². The number of esters is 1. The Morgan fingerprint density at radius 3 is 2.21 bits per heavy atom. The molecule has 48 heavy (non-hydrogen) atoms. The predicted molar refractivity (Wildman–Crippen MR) is 180 cm³/mol. The van der Waals surface area contributed by atoms with Crippen LogP contribution in [0.25, 0.3) is 0 Å². The van der Waals surface area contributed by atoms with Crippen molar-refractivity contribution >= 4 is 35.5 Å². The van der Waals surface area contributed by atoms with Crippen molar-refractivity contribution in [2.75, 3.05) is 31.6 Å². The van der Waals surface area contributed by atoms with Gasteiger partial charge in [0.05, 0.1) is 30.3 Å². The van der Waals surface area contributed by atoms with Crippen LogP contribution in [0.4, 0.5) is 10.5 Å². The second kappa shape index (κ2) is 15.8. The summed E-state index contributed by atoms with van der Waals surface area (Å²) in [4.78, 5) is 69.0. The van der Waals surface area contributed by atoms with E-state index < -0.39 is 41.6 Å². The molecule has 3 aromatic rings. The minimum absolute atomic E-state index is 0.125.